The molecule has 0 saturated carbocycles. The van der Waals surface area contributed by atoms with Gasteiger partial charge in [-0.1, -0.05) is 31.5 Å². The Morgan fingerprint density at radius 1 is 1.22 bits per heavy atom. The van der Waals surface area contributed by atoms with Gasteiger partial charge in [0.1, 0.15) is 0 Å². The highest BCUT2D eigenvalue weighted by Gasteiger charge is 2.21. The molecule has 0 aliphatic heterocycles. The van der Waals surface area contributed by atoms with E-state index in [2.05, 4.69) is 4.72 Å². The SMILES string of the molecule is Cc1ccc(S(=O)(=O)N[C@@H](CCO)C(C)C)cc1. The van der Waals surface area contributed by atoms with E-state index in [0.717, 1.165) is 5.56 Å². The van der Waals surface area contributed by atoms with E-state index in [0.29, 0.717) is 6.42 Å². The van der Waals surface area contributed by atoms with Crippen molar-refractivity contribution >= 4 is 10.0 Å². The number of hydrogen-bond donors (Lipinski definition) is 2. The van der Waals surface area contributed by atoms with E-state index in [1.807, 2.05) is 20.8 Å². The summed E-state index contributed by atoms with van der Waals surface area (Å²) in [6, 6.07) is 6.47. The minimum atomic E-state index is -3.50. The number of hydrogen-bond acceptors (Lipinski definition) is 3. The number of aliphatic hydroxyl groups is 1. The van der Waals surface area contributed by atoms with Crippen LogP contribution in [-0.4, -0.2) is 26.2 Å². The first-order chi connectivity index (χ1) is 8.36. The van der Waals surface area contributed by atoms with E-state index in [4.69, 9.17) is 5.11 Å². The Morgan fingerprint density at radius 3 is 2.22 bits per heavy atom. The molecule has 0 unspecified atom stereocenters. The van der Waals surface area contributed by atoms with Crippen molar-refractivity contribution in [3.05, 3.63) is 29.8 Å². The first-order valence-electron chi connectivity index (χ1n) is 6.06. The van der Waals surface area contributed by atoms with Crippen molar-refractivity contribution in [2.45, 2.75) is 38.1 Å². The molecule has 2 N–H and O–H groups in total. The predicted octanol–water partition coefficient (Wildman–Crippen LogP) is 1.68. The second-order valence-corrected chi connectivity index (χ2v) is 6.51. The standard InChI is InChI=1S/C13H21NO3S/c1-10(2)13(8-9-15)14-18(16,17)12-6-4-11(3)5-7-12/h4-7,10,13-15H,8-9H2,1-3H3/t13-/m0/s1. The lowest BCUT2D eigenvalue weighted by molar-refractivity contribution is 0.256. The number of rotatable bonds is 6. The van der Waals surface area contributed by atoms with E-state index in [1.165, 1.54) is 0 Å². The van der Waals surface area contributed by atoms with Crippen molar-refractivity contribution in [1.82, 2.24) is 4.72 Å². The minimum absolute atomic E-state index is 0.0285. The highest BCUT2D eigenvalue weighted by Crippen LogP contribution is 2.14. The molecule has 0 saturated heterocycles. The zero-order valence-electron chi connectivity index (χ0n) is 11.1. The Balaban J connectivity index is 2.89. The summed E-state index contributed by atoms with van der Waals surface area (Å²) in [6.07, 6.45) is 0.419. The van der Waals surface area contributed by atoms with Gasteiger partial charge in [-0.25, -0.2) is 13.1 Å². The maximum atomic E-state index is 12.1. The molecule has 4 nitrogen and oxygen atoms in total. The van der Waals surface area contributed by atoms with Gasteiger partial charge in [0.05, 0.1) is 4.90 Å². The van der Waals surface area contributed by atoms with Crippen molar-refractivity contribution in [1.29, 1.82) is 0 Å². The van der Waals surface area contributed by atoms with Gasteiger partial charge in [-0.2, -0.15) is 0 Å². The summed E-state index contributed by atoms with van der Waals surface area (Å²) in [5.74, 6) is 0.136. The van der Waals surface area contributed by atoms with Crippen LogP contribution in [-0.2, 0) is 10.0 Å². The molecule has 0 aliphatic carbocycles. The molecule has 1 atom stereocenters. The summed E-state index contributed by atoms with van der Waals surface area (Å²) in [5.41, 5.74) is 1.02. The first-order valence-corrected chi connectivity index (χ1v) is 7.55. The van der Waals surface area contributed by atoms with Crippen LogP contribution in [0.15, 0.2) is 29.2 Å². The summed E-state index contributed by atoms with van der Waals surface area (Å²) >= 11 is 0. The Bertz CT molecular complexity index is 466. The molecule has 1 aromatic carbocycles. The molecule has 0 amide bonds. The second-order valence-electron chi connectivity index (χ2n) is 4.80. The lowest BCUT2D eigenvalue weighted by atomic mass is 10.0. The number of aliphatic hydroxyl groups excluding tert-OH is 1. The van der Waals surface area contributed by atoms with Crippen LogP contribution in [0.2, 0.25) is 0 Å². The van der Waals surface area contributed by atoms with Crippen LogP contribution in [0.1, 0.15) is 25.8 Å². The minimum Gasteiger partial charge on any atom is -0.396 e. The van der Waals surface area contributed by atoms with Gasteiger partial charge < -0.3 is 5.11 Å². The molecule has 0 spiro atoms. The topological polar surface area (TPSA) is 66.4 Å². The summed E-state index contributed by atoms with van der Waals surface area (Å²) in [4.78, 5) is 0.261. The lowest BCUT2D eigenvalue weighted by Crippen LogP contribution is -2.39. The van der Waals surface area contributed by atoms with E-state index >= 15 is 0 Å². The van der Waals surface area contributed by atoms with Gasteiger partial charge in [0.15, 0.2) is 0 Å². The molecule has 0 fully saturated rings. The molecular formula is C13H21NO3S. The molecule has 1 rings (SSSR count). The number of benzene rings is 1. The normalized spacial score (nSPS) is 13.8. The van der Waals surface area contributed by atoms with Crippen LogP contribution < -0.4 is 4.72 Å². The molecule has 0 bridgehead atoms. The average molecular weight is 271 g/mol. The maximum Gasteiger partial charge on any atom is 0.240 e. The zero-order valence-corrected chi connectivity index (χ0v) is 11.9. The number of sulfonamides is 1. The van der Waals surface area contributed by atoms with Gasteiger partial charge in [-0.15, -0.1) is 0 Å². The largest absolute Gasteiger partial charge is 0.396 e. The fraction of sp³-hybridized carbons (Fsp3) is 0.538. The van der Waals surface area contributed by atoms with Crippen molar-refractivity contribution < 1.29 is 13.5 Å². The monoisotopic (exact) mass is 271 g/mol. The van der Waals surface area contributed by atoms with Gasteiger partial charge in [-0.3, -0.25) is 0 Å². The smallest absolute Gasteiger partial charge is 0.240 e. The van der Waals surface area contributed by atoms with E-state index in [-0.39, 0.29) is 23.5 Å². The van der Waals surface area contributed by atoms with Gasteiger partial charge >= 0.3 is 0 Å². The van der Waals surface area contributed by atoms with Crippen molar-refractivity contribution in [2.75, 3.05) is 6.61 Å². The quantitative estimate of drug-likeness (QED) is 0.827. The maximum absolute atomic E-state index is 12.1. The van der Waals surface area contributed by atoms with Crippen LogP contribution in [0.25, 0.3) is 0 Å². The van der Waals surface area contributed by atoms with Crippen LogP contribution >= 0.6 is 0 Å². The van der Waals surface area contributed by atoms with Crippen LogP contribution in [0.5, 0.6) is 0 Å². The summed E-state index contributed by atoms with van der Waals surface area (Å²) in [7, 11) is -3.50. The van der Waals surface area contributed by atoms with Crippen LogP contribution in [0.4, 0.5) is 0 Å². The highest BCUT2D eigenvalue weighted by molar-refractivity contribution is 7.89. The predicted molar refractivity (Wildman–Crippen MR) is 71.8 cm³/mol. The second kappa shape index (κ2) is 6.31. The molecule has 0 aliphatic rings. The number of aryl methyl sites for hydroxylation is 1. The number of nitrogens with one attached hydrogen (secondary N) is 1. The highest BCUT2D eigenvalue weighted by atomic mass is 32.2. The van der Waals surface area contributed by atoms with Crippen molar-refractivity contribution in [3.8, 4) is 0 Å². The molecule has 0 radical (unpaired) electrons. The van der Waals surface area contributed by atoms with Gasteiger partial charge in [0, 0.05) is 12.6 Å². The van der Waals surface area contributed by atoms with Crippen molar-refractivity contribution in [3.63, 3.8) is 0 Å². The molecule has 0 heterocycles. The van der Waals surface area contributed by atoms with E-state index < -0.39 is 10.0 Å². The molecule has 5 heteroatoms. The van der Waals surface area contributed by atoms with Crippen molar-refractivity contribution in [2.24, 2.45) is 5.92 Å². The van der Waals surface area contributed by atoms with Gasteiger partial charge in [-0.05, 0) is 31.4 Å². The third kappa shape index (κ3) is 4.08. The molecular weight excluding hydrogens is 250 g/mol. The van der Waals surface area contributed by atoms with E-state index in [1.54, 1.807) is 24.3 Å². The Kier molecular flexibility index (Phi) is 5.31. The van der Waals surface area contributed by atoms with Crippen LogP contribution in [0.3, 0.4) is 0 Å². The molecule has 1 aromatic rings. The third-order valence-corrected chi connectivity index (χ3v) is 4.39. The molecule has 18 heavy (non-hydrogen) atoms. The summed E-state index contributed by atoms with van der Waals surface area (Å²) in [5, 5.41) is 8.95. The van der Waals surface area contributed by atoms with E-state index in [9.17, 15) is 8.42 Å². The third-order valence-electron chi connectivity index (χ3n) is 2.88. The van der Waals surface area contributed by atoms with Gasteiger partial charge in [0.25, 0.3) is 0 Å². The zero-order chi connectivity index (χ0) is 13.8. The Hall–Kier alpha value is -0.910. The fourth-order valence-electron chi connectivity index (χ4n) is 1.65. The Labute approximate surface area is 109 Å². The summed E-state index contributed by atoms with van der Waals surface area (Å²) < 4.78 is 26.9. The van der Waals surface area contributed by atoms with Gasteiger partial charge in [0.2, 0.25) is 10.0 Å². The summed E-state index contributed by atoms with van der Waals surface area (Å²) in [6.45, 7) is 5.74. The molecule has 0 aromatic heterocycles. The first kappa shape index (κ1) is 15.1. The lowest BCUT2D eigenvalue weighted by Gasteiger charge is -2.21. The average Bonchev–Trinajstić information content (AvgIpc) is 2.28. The fourth-order valence-corrected chi connectivity index (χ4v) is 3.07. The van der Waals surface area contributed by atoms with Crippen LogP contribution in [0, 0.1) is 12.8 Å². The Morgan fingerprint density at radius 2 is 1.78 bits per heavy atom. The molecule has 102 valence electrons.